The fourth-order valence-corrected chi connectivity index (χ4v) is 0.799. The summed E-state index contributed by atoms with van der Waals surface area (Å²) in [5.74, 6) is 0.131. The molecule has 0 unspecified atom stereocenters. The zero-order chi connectivity index (χ0) is 14.6. The van der Waals surface area contributed by atoms with Crippen LogP contribution in [0.25, 0.3) is 0 Å². The number of hydrogen-bond acceptors (Lipinski definition) is 5. The number of hydrogen-bond donors (Lipinski definition) is 2. The van der Waals surface area contributed by atoms with E-state index in [-0.39, 0.29) is 24.1 Å². The van der Waals surface area contributed by atoms with Crippen molar-refractivity contribution < 1.29 is 19.1 Å². The first-order valence-electron chi connectivity index (χ1n) is 5.71. The molecule has 3 N–H and O–H groups in total. The molecular formula is C12H22N2O4. The molecule has 0 aromatic carbocycles. The Bertz CT molecular complexity index is 278. The van der Waals surface area contributed by atoms with Gasteiger partial charge in [-0.2, -0.15) is 0 Å². The molecule has 1 rings (SSSR count). The molecule has 0 aliphatic carbocycles. The molecule has 104 valence electrons. The molecule has 0 spiro atoms. The molecule has 0 aromatic heterocycles. The van der Waals surface area contributed by atoms with Gasteiger partial charge in [0, 0.05) is 6.54 Å². The number of cyclic esters (lactones) is 1. The van der Waals surface area contributed by atoms with Crippen molar-refractivity contribution in [3.63, 3.8) is 0 Å². The fraction of sp³-hybridized carbons (Fsp3) is 0.583. The van der Waals surface area contributed by atoms with Crippen molar-refractivity contribution in [1.82, 2.24) is 5.32 Å². The van der Waals surface area contributed by atoms with Crippen molar-refractivity contribution in [1.29, 1.82) is 0 Å². The van der Waals surface area contributed by atoms with E-state index >= 15 is 0 Å². The van der Waals surface area contributed by atoms with Crippen LogP contribution in [0.15, 0.2) is 12.3 Å². The first-order chi connectivity index (χ1) is 8.37. The molecule has 1 saturated heterocycles. The zero-order valence-electron chi connectivity index (χ0n) is 11.2. The van der Waals surface area contributed by atoms with E-state index in [2.05, 4.69) is 16.6 Å². The highest BCUT2D eigenvalue weighted by molar-refractivity contribution is 5.96. The second-order valence-corrected chi connectivity index (χ2v) is 3.43. The summed E-state index contributed by atoms with van der Waals surface area (Å²) < 4.78 is 4.31. The van der Waals surface area contributed by atoms with Gasteiger partial charge >= 0.3 is 5.97 Å². The van der Waals surface area contributed by atoms with Gasteiger partial charge < -0.3 is 15.8 Å². The van der Waals surface area contributed by atoms with Crippen LogP contribution in [0.2, 0.25) is 0 Å². The summed E-state index contributed by atoms with van der Waals surface area (Å²) in [6, 6.07) is 0. The maximum atomic E-state index is 10.5. The normalized spacial score (nSPS) is 11.8. The van der Waals surface area contributed by atoms with Crippen molar-refractivity contribution in [2.75, 3.05) is 13.1 Å². The minimum absolute atomic E-state index is 0.00778. The summed E-state index contributed by atoms with van der Waals surface area (Å²) in [4.78, 5) is 30.6. The number of esters is 1. The van der Waals surface area contributed by atoms with Crippen molar-refractivity contribution in [3.05, 3.63) is 12.3 Å². The Labute approximate surface area is 108 Å². The fourth-order valence-electron chi connectivity index (χ4n) is 0.799. The maximum absolute atomic E-state index is 10.5. The van der Waals surface area contributed by atoms with Crippen molar-refractivity contribution in [2.45, 2.75) is 33.6 Å². The van der Waals surface area contributed by atoms with Gasteiger partial charge in [-0.15, -0.1) is 0 Å². The summed E-state index contributed by atoms with van der Waals surface area (Å²) >= 11 is 0. The van der Waals surface area contributed by atoms with Gasteiger partial charge in [0.05, 0.1) is 6.42 Å². The first kappa shape index (κ1) is 18.7. The van der Waals surface area contributed by atoms with Crippen LogP contribution in [0.1, 0.15) is 33.6 Å². The number of ketones is 1. The molecule has 0 aromatic rings. The van der Waals surface area contributed by atoms with Gasteiger partial charge in [0.15, 0.2) is 0 Å². The summed E-state index contributed by atoms with van der Waals surface area (Å²) in [5.41, 5.74) is 4.85. The molecule has 0 radical (unpaired) electrons. The van der Waals surface area contributed by atoms with Crippen molar-refractivity contribution >= 4 is 17.7 Å². The maximum Gasteiger partial charge on any atom is 0.318 e. The predicted molar refractivity (Wildman–Crippen MR) is 68.6 cm³/mol. The van der Waals surface area contributed by atoms with Crippen LogP contribution in [0.5, 0.6) is 0 Å². The molecule has 1 amide bonds. The van der Waals surface area contributed by atoms with E-state index in [1.807, 2.05) is 13.8 Å². The monoisotopic (exact) mass is 258 g/mol. The first-order valence-corrected chi connectivity index (χ1v) is 5.71. The Balaban J connectivity index is 0. The highest BCUT2D eigenvalue weighted by Crippen LogP contribution is 2.13. The average Bonchev–Trinajstić information content (AvgIpc) is 2.17. The van der Waals surface area contributed by atoms with Gasteiger partial charge in [-0.1, -0.05) is 13.5 Å². The minimum atomic E-state index is -0.190. The second kappa shape index (κ2) is 11.8. The highest BCUT2D eigenvalue weighted by atomic mass is 16.6. The lowest BCUT2D eigenvalue weighted by molar-refractivity contribution is -0.148. The molecule has 6 heteroatoms. The molecule has 1 aliphatic rings. The molecule has 0 saturated carbocycles. The van der Waals surface area contributed by atoms with E-state index in [9.17, 15) is 14.4 Å². The van der Waals surface area contributed by atoms with Gasteiger partial charge in [-0.05, 0) is 20.4 Å². The van der Waals surface area contributed by atoms with E-state index in [0.717, 1.165) is 6.54 Å². The van der Waals surface area contributed by atoms with E-state index in [4.69, 9.17) is 5.73 Å². The van der Waals surface area contributed by atoms with E-state index in [0.29, 0.717) is 18.7 Å². The minimum Gasteiger partial charge on any atom is -0.431 e. The van der Waals surface area contributed by atoms with Crippen LogP contribution in [-0.2, 0) is 19.1 Å². The lowest BCUT2D eigenvalue weighted by Gasteiger charge is -2.12. The van der Waals surface area contributed by atoms with Gasteiger partial charge in [-0.25, -0.2) is 0 Å². The molecule has 18 heavy (non-hydrogen) atoms. The Hall–Kier alpha value is -1.69. The van der Waals surface area contributed by atoms with Gasteiger partial charge in [0.2, 0.25) is 5.91 Å². The van der Waals surface area contributed by atoms with Crippen LogP contribution >= 0.6 is 0 Å². The zero-order valence-corrected chi connectivity index (χ0v) is 11.2. The Morgan fingerprint density at radius 1 is 1.44 bits per heavy atom. The third-order valence-electron chi connectivity index (χ3n) is 1.38. The number of nitrogens with one attached hydrogen (secondary N) is 1. The number of rotatable bonds is 3. The van der Waals surface area contributed by atoms with Crippen LogP contribution in [-0.4, -0.2) is 30.7 Å². The summed E-state index contributed by atoms with van der Waals surface area (Å²) in [6.07, 6.45) is 0.424. The van der Waals surface area contributed by atoms with Gasteiger partial charge in [0.1, 0.15) is 18.0 Å². The second-order valence-electron chi connectivity index (χ2n) is 3.43. The number of nitrogens with two attached hydrogens (primary N) is 1. The number of amides is 1. The summed E-state index contributed by atoms with van der Waals surface area (Å²) in [7, 11) is 0. The summed E-state index contributed by atoms with van der Waals surface area (Å²) in [5, 5.41) is 2.52. The largest absolute Gasteiger partial charge is 0.431 e. The number of carbonyl (C=O) groups is 3. The molecule has 1 fully saturated rings. The highest BCUT2D eigenvalue weighted by Gasteiger charge is 2.17. The van der Waals surface area contributed by atoms with Gasteiger partial charge in [-0.3, -0.25) is 14.4 Å². The standard InChI is InChI=1S/C6H11NO2.C4H4O2.C2H7N/c1-3-7-6(9)4-5(2)8;1-3-2-4(5)6-3;1-2-3/h3-4H2,1-2H3,(H,7,9);1-2H2;2-3H2,1H3. The Morgan fingerprint density at radius 2 is 1.89 bits per heavy atom. The number of carbonyl (C=O) groups excluding carboxylic acids is 3. The Kier molecular flexibility index (Phi) is 12.2. The van der Waals surface area contributed by atoms with E-state index in [1.165, 1.54) is 6.92 Å². The van der Waals surface area contributed by atoms with Crippen LogP contribution < -0.4 is 11.1 Å². The Morgan fingerprint density at radius 3 is 2.06 bits per heavy atom. The number of Topliss-reactive ketones (excluding diaryl/α,β-unsaturated/α-hetero) is 1. The van der Waals surface area contributed by atoms with Crippen molar-refractivity contribution in [3.8, 4) is 0 Å². The molecule has 6 nitrogen and oxygen atoms in total. The van der Waals surface area contributed by atoms with Crippen LogP contribution in [0, 0.1) is 0 Å². The molecule has 0 atom stereocenters. The van der Waals surface area contributed by atoms with Gasteiger partial charge in [0.25, 0.3) is 0 Å². The SMILES string of the molecule is C=C1CC(=O)O1.CCN.CCNC(=O)CC(C)=O. The molecular weight excluding hydrogens is 236 g/mol. The van der Waals surface area contributed by atoms with E-state index < -0.39 is 0 Å². The quantitative estimate of drug-likeness (QED) is 0.568. The topological polar surface area (TPSA) is 98.5 Å². The summed E-state index contributed by atoms with van der Waals surface area (Å²) in [6.45, 7) is 9.83. The lowest BCUT2D eigenvalue weighted by Crippen LogP contribution is -2.24. The van der Waals surface area contributed by atoms with Crippen molar-refractivity contribution in [2.24, 2.45) is 5.73 Å². The number of ether oxygens (including phenoxy) is 1. The molecule has 1 aliphatic heterocycles. The average molecular weight is 258 g/mol. The lowest BCUT2D eigenvalue weighted by atomic mass is 10.3. The predicted octanol–water partition coefficient (Wildman–Crippen LogP) is 0.514. The molecule has 0 bridgehead atoms. The molecule has 1 heterocycles. The third-order valence-corrected chi connectivity index (χ3v) is 1.38. The van der Waals surface area contributed by atoms with Crippen LogP contribution in [0.3, 0.4) is 0 Å². The van der Waals surface area contributed by atoms with E-state index in [1.54, 1.807) is 0 Å². The smallest absolute Gasteiger partial charge is 0.318 e. The third kappa shape index (κ3) is 14.3. The van der Waals surface area contributed by atoms with Crippen LogP contribution in [0.4, 0.5) is 0 Å².